The molecule has 0 aliphatic heterocycles. The monoisotopic (exact) mass is 427 g/mol. The third-order valence-electron chi connectivity index (χ3n) is 5.12. The first-order valence-corrected chi connectivity index (χ1v) is 11.2. The van der Waals surface area contributed by atoms with Gasteiger partial charge in [0.2, 0.25) is 5.91 Å². The Morgan fingerprint density at radius 2 is 2.17 bits per heavy atom. The average molecular weight is 428 g/mol. The number of aryl methyl sites for hydroxylation is 3. The van der Waals surface area contributed by atoms with E-state index in [9.17, 15) is 9.18 Å². The van der Waals surface area contributed by atoms with Crippen molar-refractivity contribution in [1.82, 2.24) is 19.6 Å². The maximum absolute atomic E-state index is 13.7. The SMILES string of the molecule is Cc1ccc(NC(=O)CSc2nnc3c4c5c(sc4ncn23)CCCC5)cc1F. The molecule has 0 saturated carbocycles. The summed E-state index contributed by atoms with van der Waals surface area (Å²) in [5.74, 6) is -0.416. The van der Waals surface area contributed by atoms with Crippen molar-refractivity contribution in [3.05, 3.63) is 46.3 Å². The number of nitrogens with one attached hydrogen (secondary N) is 1. The number of hydrogen-bond acceptors (Lipinski definition) is 6. The van der Waals surface area contributed by atoms with Gasteiger partial charge in [0.15, 0.2) is 10.8 Å². The molecule has 0 fully saturated rings. The van der Waals surface area contributed by atoms with E-state index in [1.807, 2.05) is 4.40 Å². The van der Waals surface area contributed by atoms with E-state index in [0.29, 0.717) is 16.4 Å². The highest BCUT2D eigenvalue weighted by Crippen LogP contribution is 2.37. The molecular weight excluding hydrogens is 409 g/mol. The number of thioether (sulfide) groups is 1. The minimum atomic E-state index is -0.340. The Labute approximate surface area is 174 Å². The van der Waals surface area contributed by atoms with Crippen LogP contribution in [0.5, 0.6) is 0 Å². The second-order valence-electron chi connectivity index (χ2n) is 7.11. The van der Waals surface area contributed by atoms with Gasteiger partial charge < -0.3 is 5.32 Å². The summed E-state index contributed by atoms with van der Waals surface area (Å²) >= 11 is 3.04. The standard InChI is InChI=1S/C20H18FN5OS2/c1-11-6-7-12(8-14(11)21)23-16(27)9-28-20-25-24-18-17-13-4-2-3-5-15(13)29-19(17)22-10-26(18)20/h6-8,10H,2-5,9H2,1H3,(H,23,27). The molecule has 3 aromatic heterocycles. The van der Waals surface area contributed by atoms with Crippen LogP contribution in [0.3, 0.4) is 0 Å². The summed E-state index contributed by atoms with van der Waals surface area (Å²) in [5, 5.41) is 13.1. The van der Waals surface area contributed by atoms with Crippen LogP contribution in [0.1, 0.15) is 28.8 Å². The third kappa shape index (κ3) is 3.38. The highest BCUT2D eigenvalue weighted by Gasteiger charge is 2.21. The Bertz CT molecular complexity index is 1250. The summed E-state index contributed by atoms with van der Waals surface area (Å²) in [4.78, 5) is 19.3. The number of thiophene rings is 1. The topological polar surface area (TPSA) is 72.2 Å². The van der Waals surface area contributed by atoms with Crippen molar-refractivity contribution in [3.63, 3.8) is 0 Å². The lowest BCUT2D eigenvalue weighted by Gasteiger charge is -2.10. The zero-order valence-electron chi connectivity index (χ0n) is 15.7. The van der Waals surface area contributed by atoms with Crippen LogP contribution in [0.25, 0.3) is 15.9 Å². The molecule has 0 spiro atoms. The van der Waals surface area contributed by atoms with E-state index in [0.717, 1.165) is 28.7 Å². The van der Waals surface area contributed by atoms with Gasteiger partial charge in [0.1, 0.15) is 17.0 Å². The van der Waals surface area contributed by atoms with Crippen molar-refractivity contribution in [2.24, 2.45) is 0 Å². The molecule has 1 amide bonds. The number of aromatic nitrogens is 4. The van der Waals surface area contributed by atoms with Gasteiger partial charge in [0, 0.05) is 10.6 Å². The molecule has 0 atom stereocenters. The summed E-state index contributed by atoms with van der Waals surface area (Å²) in [6.45, 7) is 1.68. The van der Waals surface area contributed by atoms with Crippen molar-refractivity contribution in [1.29, 1.82) is 0 Å². The van der Waals surface area contributed by atoms with Crippen molar-refractivity contribution in [2.45, 2.75) is 37.8 Å². The first-order chi connectivity index (χ1) is 14.1. The Hall–Kier alpha value is -2.52. The average Bonchev–Trinajstić information content (AvgIpc) is 3.29. The molecule has 0 saturated heterocycles. The maximum atomic E-state index is 13.7. The van der Waals surface area contributed by atoms with Gasteiger partial charge in [-0.2, -0.15) is 0 Å². The summed E-state index contributed by atoms with van der Waals surface area (Å²) < 4.78 is 15.5. The lowest BCUT2D eigenvalue weighted by atomic mass is 9.97. The number of fused-ring (bicyclic) bond motifs is 5. The van der Waals surface area contributed by atoms with E-state index >= 15 is 0 Å². The van der Waals surface area contributed by atoms with E-state index in [1.54, 1.807) is 36.7 Å². The summed E-state index contributed by atoms with van der Waals surface area (Å²) in [5.41, 5.74) is 3.15. The van der Waals surface area contributed by atoms with Crippen molar-refractivity contribution < 1.29 is 9.18 Å². The molecule has 148 valence electrons. The van der Waals surface area contributed by atoms with Gasteiger partial charge >= 0.3 is 0 Å². The van der Waals surface area contributed by atoms with Gasteiger partial charge in [0.25, 0.3) is 0 Å². The first kappa shape index (κ1) is 18.5. The number of carbonyl (C=O) groups is 1. The number of carbonyl (C=O) groups excluding carboxylic acids is 1. The van der Waals surface area contributed by atoms with Gasteiger partial charge in [-0.1, -0.05) is 17.8 Å². The van der Waals surface area contributed by atoms with E-state index in [2.05, 4.69) is 20.5 Å². The van der Waals surface area contributed by atoms with Gasteiger partial charge in [0.05, 0.1) is 11.1 Å². The van der Waals surface area contributed by atoms with Crippen LogP contribution in [0, 0.1) is 12.7 Å². The lowest BCUT2D eigenvalue weighted by molar-refractivity contribution is -0.113. The third-order valence-corrected chi connectivity index (χ3v) is 7.26. The molecule has 0 bridgehead atoms. The molecule has 6 nitrogen and oxygen atoms in total. The zero-order valence-corrected chi connectivity index (χ0v) is 17.4. The number of benzene rings is 1. The Morgan fingerprint density at radius 3 is 3.03 bits per heavy atom. The molecule has 5 rings (SSSR count). The predicted octanol–water partition coefficient (Wildman–Crippen LogP) is 4.40. The van der Waals surface area contributed by atoms with E-state index in [4.69, 9.17) is 0 Å². The van der Waals surface area contributed by atoms with Crippen LogP contribution in [0.15, 0.2) is 29.7 Å². The summed E-state index contributed by atoms with van der Waals surface area (Å²) in [7, 11) is 0. The fourth-order valence-electron chi connectivity index (χ4n) is 3.63. The van der Waals surface area contributed by atoms with Crippen LogP contribution < -0.4 is 5.32 Å². The quantitative estimate of drug-likeness (QED) is 0.489. The van der Waals surface area contributed by atoms with Gasteiger partial charge in [-0.05, 0) is 55.9 Å². The molecule has 9 heteroatoms. The van der Waals surface area contributed by atoms with Crippen LogP contribution in [-0.2, 0) is 17.6 Å². The normalized spacial score (nSPS) is 13.7. The van der Waals surface area contributed by atoms with E-state index in [1.165, 1.54) is 41.1 Å². The number of rotatable bonds is 4. The minimum Gasteiger partial charge on any atom is -0.325 e. The fourth-order valence-corrected chi connectivity index (χ4v) is 5.56. The number of amides is 1. The molecular formula is C20H18FN5OS2. The number of anilines is 1. The molecule has 1 aliphatic rings. The second kappa shape index (κ2) is 7.38. The number of nitrogens with zero attached hydrogens (tertiary/aromatic N) is 4. The number of hydrogen-bond donors (Lipinski definition) is 1. The van der Waals surface area contributed by atoms with Crippen LogP contribution >= 0.6 is 23.1 Å². The Morgan fingerprint density at radius 1 is 1.31 bits per heavy atom. The molecule has 1 aliphatic carbocycles. The molecule has 1 N–H and O–H groups in total. The van der Waals surface area contributed by atoms with E-state index in [-0.39, 0.29) is 17.5 Å². The smallest absolute Gasteiger partial charge is 0.234 e. The lowest BCUT2D eigenvalue weighted by Crippen LogP contribution is -2.14. The van der Waals surface area contributed by atoms with Crippen molar-refractivity contribution in [3.8, 4) is 0 Å². The fraction of sp³-hybridized carbons (Fsp3) is 0.300. The second-order valence-corrected chi connectivity index (χ2v) is 9.14. The largest absolute Gasteiger partial charge is 0.325 e. The maximum Gasteiger partial charge on any atom is 0.234 e. The molecule has 4 aromatic rings. The zero-order chi connectivity index (χ0) is 20.0. The first-order valence-electron chi connectivity index (χ1n) is 9.43. The summed E-state index contributed by atoms with van der Waals surface area (Å²) in [6.07, 6.45) is 6.31. The highest BCUT2D eigenvalue weighted by atomic mass is 32.2. The molecule has 0 unspecified atom stereocenters. The Kier molecular flexibility index (Phi) is 4.71. The molecule has 0 radical (unpaired) electrons. The van der Waals surface area contributed by atoms with Crippen LogP contribution in [0.4, 0.5) is 10.1 Å². The van der Waals surface area contributed by atoms with Gasteiger partial charge in [-0.25, -0.2) is 9.37 Å². The van der Waals surface area contributed by atoms with E-state index < -0.39 is 0 Å². The van der Waals surface area contributed by atoms with Gasteiger partial charge in [-0.3, -0.25) is 9.20 Å². The predicted molar refractivity (Wildman–Crippen MR) is 113 cm³/mol. The Balaban J connectivity index is 1.37. The molecule has 29 heavy (non-hydrogen) atoms. The number of halogens is 1. The van der Waals surface area contributed by atoms with Crippen LogP contribution in [0.2, 0.25) is 0 Å². The highest BCUT2D eigenvalue weighted by molar-refractivity contribution is 7.99. The van der Waals surface area contributed by atoms with Gasteiger partial charge in [-0.15, -0.1) is 21.5 Å². The summed E-state index contributed by atoms with van der Waals surface area (Å²) in [6, 6.07) is 4.65. The molecule has 1 aromatic carbocycles. The molecule has 3 heterocycles. The minimum absolute atomic E-state index is 0.149. The van der Waals surface area contributed by atoms with Crippen molar-refractivity contribution in [2.75, 3.05) is 11.1 Å². The van der Waals surface area contributed by atoms with Crippen LogP contribution in [-0.4, -0.2) is 31.2 Å². The van der Waals surface area contributed by atoms with Crippen molar-refractivity contribution >= 4 is 50.6 Å².